The Kier molecular flexibility index (Phi) is 10.8. The monoisotopic (exact) mass is 551 g/mol. The number of anilines is 1. The summed E-state index contributed by atoms with van der Waals surface area (Å²) in [5, 5.41) is 3.48. The fraction of sp³-hybridized carbons (Fsp3) is 0.481. The molecule has 2 rings (SSSR count). The van der Waals surface area contributed by atoms with E-state index < -0.39 is 21.6 Å². The Hall–Kier alpha value is -2.78. The highest BCUT2D eigenvalue weighted by Gasteiger charge is 2.30. The van der Waals surface area contributed by atoms with Crippen molar-refractivity contribution in [3.63, 3.8) is 0 Å². The Balaban J connectivity index is 2.23. The van der Waals surface area contributed by atoms with Crippen LogP contribution in [0, 0.1) is 0 Å². The zero-order chi connectivity index (χ0) is 27.8. The summed E-state index contributed by atoms with van der Waals surface area (Å²) in [6.07, 6.45) is 1.92. The molecule has 2 aromatic rings. The van der Waals surface area contributed by atoms with Crippen molar-refractivity contribution in [3.8, 4) is 5.75 Å². The second-order valence-electron chi connectivity index (χ2n) is 9.95. The maximum absolute atomic E-state index is 13.5. The average Bonchev–Trinajstić information content (AvgIpc) is 2.81. The number of hydrogen-bond donors (Lipinski definition) is 1. The van der Waals surface area contributed by atoms with Crippen molar-refractivity contribution >= 4 is 39.1 Å². The van der Waals surface area contributed by atoms with E-state index >= 15 is 0 Å². The molecule has 0 aromatic heterocycles. The van der Waals surface area contributed by atoms with Gasteiger partial charge in [-0.15, -0.1) is 0 Å². The van der Waals surface area contributed by atoms with Crippen molar-refractivity contribution in [3.05, 3.63) is 59.1 Å². The largest absolute Gasteiger partial charge is 0.497 e. The predicted molar refractivity (Wildman–Crippen MR) is 148 cm³/mol. The zero-order valence-corrected chi connectivity index (χ0v) is 24.0. The lowest BCUT2D eigenvalue weighted by molar-refractivity contribution is -0.142. The molecule has 2 amide bonds. The summed E-state index contributed by atoms with van der Waals surface area (Å²) in [5.41, 5.74) is 0.883. The fourth-order valence-electron chi connectivity index (χ4n) is 3.91. The minimum atomic E-state index is -3.57. The summed E-state index contributed by atoms with van der Waals surface area (Å²) >= 11 is 5.95. The number of benzene rings is 2. The number of hydrogen-bond acceptors (Lipinski definition) is 5. The van der Waals surface area contributed by atoms with Gasteiger partial charge in [0.05, 0.1) is 19.1 Å². The predicted octanol–water partition coefficient (Wildman–Crippen LogP) is 4.62. The molecule has 2 aromatic carbocycles. The molecule has 0 aliphatic carbocycles. The van der Waals surface area contributed by atoms with E-state index in [2.05, 4.69) is 5.32 Å². The van der Waals surface area contributed by atoms with E-state index in [0.29, 0.717) is 22.9 Å². The summed E-state index contributed by atoms with van der Waals surface area (Å²) in [4.78, 5) is 28.2. The average molecular weight is 552 g/mol. The first-order chi connectivity index (χ1) is 17.2. The quantitative estimate of drug-likeness (QED) is 0.415. The SMILES string of the molecule is CCC(C(=O)NC(C)(C)C)N(Cc1ccc(OC)cc1)C(=O)CCCN(c1ccc(Cl)cc1)S(C)(=O)=O. The van der Waals surface area contributed by atoms with Crippen LogP contribution in [0.4, 0.5) is 5.69 Å². The Bertz CT molecular complexity index is 1150. The number of carbonyl (C=O) groups is 2. The standard InChI is InChI=1S/C27H38ClN3O5S/c1-7-24(26(33)29-27(2,3)4)30(19-20-10-16-23(36-5)17-11-20)25(32)9-8-18-31(37(6,34)35)22-14-12-21(28)13-15-22/h10-17,24H,7-9,18-19H2,1-6H3,(H,29,33). The van der Waals surface area contributed by atoms with Crippen LogP contribution in [0.15, 0.2) is 48.5 Å². The molecule has 1 N–H and O–H groups in total. The van der Waals surface area contributed by atoms with Gasteiger partial charge >= 0.3 is 0 Å². The highest BCUT2D eigenvalue weighted by molar-refractivity contribution is 7.92. The smallest absolute Gasteiger partial charge is 0.243 e. The van der Waals surface area contributed by atoms with Gasteiger partial charge < -0.3 is 15.0 Å². The Morgan fingerprint density at radius 3 is 2.14 bits per heavy atom. The minimum Gasteiger partial charge on any atom is -0.497 e. The van der Waals surface area contributed by atoms with Crippen LogP contribution >= 0.6 is 11.6 Å². The third kappa shape index (κ3) is 9.55. The third-order valence-electron chi connectivity index (χ3n) is 5.66. The van der Waals surface area contributed by atoms with Gasteiger partial charge in [0.15, 0.2) is 0 Å². The van der Waals surface area contributed by atoms with Crippen molar-refractivity contribution in [2.45, 2.75) is 65.1 Å². The number of methoxy groups -OCH3 is 1. The first-order valence-electron chi connectivity index (χ1n) is 12.2. The van der Waals surface area contributed by atoms with Crippen LogP contribution in [-0.4, -0.2) is 56.6 Å². The van der Waals surface area contributed by atoms with Gasteiger partial charge in [0, 0.05) is 30.1 Å². The second kappa shape index (κ2) is 13.1. The fourth-order valence-corrected chi connectivity index (χ4v) is 5.00. The number of ether oxygens (including phenoxy) is 1. The van der Waals surface area contributed by atoms with Crippen molar-refractivity contribution in [1.82, 2.24) is 10.2 Å². The number of carbonyl (C=O) groups excluding carboxylic acids is 2. The molecule has 0 bridgehead atoms. The Morgan fingerprint density at radius 2 is 1.65 bits per heavy atom. The van der Waals surface area contributed by atoms with Crippen LogP contribution in [0.3, 0.4) is 0 Å². The number of nitrogens with one attached hydrogen (secondary N) is 1. The topological polar surface area (TPSA) is 96.0 Å². The van der Waals surface area contributed by atoms with Gasteiger partial charge in [0.1, 0.15) is 11.8 Å². The summed E-state index contributed by atoms with van der Waals surface area (Å²) in [5.74, 6) is 0.245. The normalized spacial score (nSPS) is 12.5. The molecule has 0 fully saturated rings. The molecular formula is C27H38ClN3O5S. The lowest BCUT2D eigenvalue weighted by atomic mass is 10.0. The first-order valence-corrected chi connectivity index (χ1v) is 14.5. The maximum Gasteiger partial charge on any atom is 0.243 e. The minimum absolute atomic E-state index is 0.0784. The van der Waals surface area contributed by atoms with E-state index in [4.69, 9.17) is 16.3 Å². The van der Waals surface area contributed by atoms with E-state index in [0.717, 1.165) is 11.8 Å². The highest BCUT2D eigenvalue weighted by atomic mass is 35.5. The lowest BCUT2D eigenvalue weighted by Gasteiger charge is -2.33. The number of sulfonamides is 1. The van der Waals surface area contributed by atoms with Gasteiger partial charge in [-0.1, -0.05) is 30.7 Å². The number of rotatable bonds is 12. The van der Waals surface area contributed by atoms with Crippen LogP contribution in [0.25, 0.3) is 0 Å². The third-order valence-corrected chi connectivity index (χ3v) is 7.11. The summed E-state index contributed by atoms with van der Waals surface area (Å²) < 4.78 is 31.3. The Labute approximate surface area is 226 Å². The molecule has 37 heavy (non-hydrogen) atoms. The Morgan fingerprint density at radius 1 is 1.05 bits per heavy atom. The molecule has 0 spiro atoms. The number of amides is 2. The summed E-state index contributed by atoms with van der Waals surface area (Å²) in [6, 6.07) is 13.2. The number of halogens is 1. The summed E-state index contributed by atoms with van der Waals surface area (Å²) in [6.45, 7) is 7.91. The van der Waals surface area contributed by atoms with Crippen molar-refractivity contribution in [1.29, 1.82) is 0 Å². The van der Waals surface area contributed by atoms with Crippen molar-refractivity contribution in [2.24, 2.45) is 0 Å². The maximum atomic E-state index is 13.5. The summed E-state index contributed by atoms with van der Waals surface area (Å²) in [7, 11) is -1.99. The van der Waals surface area contributed by atoms with Crippen molar-refractivity contribution < 1.29 is 22.7 Å². The second-order valence-corrected chi connectivity index (χ2v) is 12.3. The van der Waals surface area contributed by atoms with Gasteiger partial charge in [0.2, 0.25) is 21.8 Å². The van der Waals surface area contributed by atoms with Crippen LogP contribution in [0.2, 0.25) is 5.02 Å². The van der Waals surface area contributed by atoms with E-state index in [9.17, 15) is 18.0 Å². The molecule has 1 unspecified atom stereocenters. The van der Waals surface area contributed by atoms with E-state index in [1.54, 1.807) is 36.3 Å². The molecule has 8 nitrogen and oxygen atoms in total. The molecule has 1 atom stereocenters. The van der Waals surface area contributed by atoms with Gasteiger partial charge in [-0.3, -0.25) is 13.9 Å². The van der Waals surface area contributed by atoms with E-state index in [1.165, 1.54) is 4.31 Å². The molecule has 0 saturated heterocycles. The van der Waals surface area contributed by atoms with Gasteiger partial charge in [-0.2, -0.15) is 0 Å². The van der Waals surface area contributed by atoms with E-state index in [1.807, 2.05) is 52.0 Å². The molecule has 204 valence electrons. The molecule has 0 saturated carbocycles. The van der Waals surface area contributed by atoms with E-state index in [-0.39, 0.29) is 37.7 Å². The molecule has 0 radical (unpaired) electrons. The number of nitrogens with zero attached hydrogens (tertiary/aromatic N) is 2. The highest BCUT2D eigenvalue weighted by Crippen LogP contribution is 2.22. The molecule has 0 aliphatic rings. The molecule has 0 aliphatic heterocycles. The first kappa shape index (κ1) is 30.4. The van der Waals surface area contributed by atoms with Crippen molar-refractivity contribution in [2.75, 3.05) is 24.2 Å². The van der Waals surface area contributed by atoms with Gasteiger partial charge in [0.25, 0.3) is 0 Å². The van der Waals surface area contributed by atoms with Crippen LogP contribution in [0.1, 0.15) is 52.5 Å². The molecule has 10 heteroatoms. The molecule has 0 heterocycles. The van der Waals surface area contributed by atoms with Crippen LogP contribution in [-0.2, 0) is 26.2 Å². The van der Waals surface area contributed by atoms with Crippen LogP contribution < -0.4 is 14.4 Å². The van der Waals surface area contributed by atoms with Gasteiger partial charge in [-0.25, -0.2) is 8.42 Å². The molecular weight excluding hydrogens is 514 g/mol. The van der Waals surface area contributed by atoms with Crippen LogP contribution in [0.5, 0.6) is 5.75 Å². The van der Waals surface area contributed by atoms with Gasteiger partial charge in [-0.05, 0) is 75.6 Å². The zero-order valence-electron chi connectivity index (χ0n) is 22.5. The lowest BCUT2D eigenvalue weighted by Crippen LogP contribution is -2.53.